The lowest BCUT2D eigenvalue weighted by Gasteiger charge is -2.07. The molecule has 108 valence electrons. The quantitative estimate of drug-likeness (QED) is 0.890. The van der Waals surface area contributed by atoms with Crippen molar-refractivity contribution in [3.8, 4) is 0 Å². The lowest BCUT2D eigenvalue weighted by Crippen LogP contribution is -2.15. The third-order valence-corrected chi connectivity index (χ3v) is 4.14. The van der Waals surface area contributed by atoms with E-state index in [1.54, 1.807) is 13.0 Å². The van der Waals surface area contributed by atoms with Gasteiger partial charge in [-0.25, -0.2) is 12.8 Å². The summed E-state index contributed by atoms with van der Waals surface area (Å²) in [5, 5.41) is 6.60. The molecule has 20 heavy (non-hydrogen) atoms. The van der Waals surface area contributed by atoms with Crippen molar-refractivity contribution in [1.82, 2.24) is 10.2 Å². The van der Waals surface area contributed by atoms with E-state index in [1.165, 1.54) is 12.1 Å². The van der Waals surface area contributed by atoms with E-state index < -0.39 is 15.8 Å². The summed E-state index contributed by atoms with van der Waals surface area (Å²) in [5.41, 5.74) is 1.50. The van der Waals surface area contributed by atoms with Crippen LogP contribution in [0, 0.1) is 12.7 Å². The topological polar surface area (TPSA) is 74.8 Å². The van der Waals surface area contributed by atoms with Crippen LogP contribution < -0.4 is 4.72 Å². The first-order valence-corrected chi connectivity index (χ1v) is 7.74. The van der Waals surface area contributed by atoms with Crippen molar-refractivity contribution in [2.24, 2.45) is 0 Å². The smallest absolute Gasteiger partial charge is 0.266 e. The summed E-state index contributed by atoms with van der Waals surface area (Å²) in [4.78, 5) is -0.377. The van der Waals surface area contributed by atoms with Crippen LogP contribution in [0.3, 0.4) is 0 Å². The second kappa shape index (κ2) is 5.62. The first-order valence-electron chi connectivity index (χ1n) is 6.25. The van der Waals surface area contributed by atoms with Gasteiger partial charge in [0.2, 0.25) is 0 Å². The normalized spacial score (nSPS) is 11.6. The predicted octanol–water partition coefficient (Wildman–Crippen LogP) is 2.61. The Bertz CT molecular complexity index is 710. The van der Waals surface area contributed by atoms with Crippen molar-refractivity contribution in [1.29, 1.82) is 0 Å². The van der Waals surface area contributed by atoms with Gasteiger partial charge in [0.25, 0.3) is 10.0 Å². The van der Waals surface area contributed by atoms with E-state index >= 15 is 0 Å². The number of nitrogens with one attached hydrogen (secondary N) is 2. The maximum Gasteiger partial charge on any atom is 0.266 e. The van der Waals surface area contributed by atoms with Crippen molar-refractivity contribution in [3.63, 3.8) is 0 Å². The minimum Gasteiger partial charge on any atom is -0.280 e. The third kappa shape index (κ3) is 3.16. The van der Waals surface area contributed by atoms with Gasteiger partial charge in [0.05, 0.1) is 0 Å². The molecule has 1 aromatic carbocycles. The zero-order valence-electron chi connectivity index (χ0n) is 11.3. The molecule has 0 saturated heterocycles. The molecule has 0 atom stereocenters. The second-order valence-electron chi connectivity index (χ2n) is 4.57. The second-order valence-corrected chi connectivity index (χ2v) is 6.22. The summed E-state index contributed by atoms with van der Waals surface area (Å²) in [7, 11) is -3.98. The Hall–Kier alpha value is -1.89. The number of halogens is 1. The van der Waals surface area contributed by atoms with E-state index in [2.05, 4.69) is 14.9 Å². The van der Waals surface area contributed by atoms with Gasteiger partial charge in [0.15, 0.2) is 5.82 Å². The van der Waals surface area contributed by atoms with Gasteiger partial charge in [-0.3, -0.25) is 9.82 Å². The van der Waals surface area contributed by atoms with Crippen LogP contribution >= 0.6 is 0 Å². The standard InChI is InChI=1S/C13H16FN3O2S/c1-3-4-10-8-13(16-15-10)17-20(18,19)12-7-9(2)5-6-11(12)14/h5-8H,3-4H2,1-2H3,(H2,15,16,17). The summed E-state index contributed by atoms with van der Waals surface area (Å²) >= 11 is 0. The maximum atomic E-state index is 13.6. The molecule has 2 rings (SSSR count). The minimum atomic E-state index is -3.98. The van der Waals surface area contributed by atoms with Gasteiger partial charge in [-0.05, 0) is 31.0 Å². The van der Waals surface area contributed by atoms with E-state index in [0.29, 0.717) is 5.56 Å². The third-order valence-electron chi connectivity index (χ3n) is 2.77. The first kappa shape index (κ1) is 14.5. The number of hydrogen-bond donors (Lipinski definition) is 2. The molecular weight excluding hydrogens is 281 g/mol. The molecule has 0 amide bonds. The number of aryl methyl sites for hydroxylation is 2. The maximum absolute atomic E-state index is 13.6. The zero-order valence-corrected chi connectivity index (χ0v) is 12.1. The molecule has 0 aliphatic rings. The molecular formula is C13H16FN3O2S. The Balaban J connectivity index is 2.28. The van der Waals surface area contributed by atoms with Gasteiger partial charge in [0, 0.05) is 11.8 Å². The largest absolute Gasteiger partial charge is 0.280 e. The number of rotatable bonds is 5. The molecule has 5 nitrogen and oxygen atoms in total. The van der Waals surface area contributed by atoms with Crippen LogP contribution in [0.15, 0.2) is 29.2 Å². The van der Waals surface area contributed by atoms with Crippen LogP contribution in [0.4, 0.5) is 10.2 Å². The van der Waals surface area contributed by atoms with Crippen LogP contribution in [-0.2, 0) is 16.4 Å². The number of aromatic nitrogens is 2. The van der Waals surface area contributed by atoms with Crippen LogP contribution in [0.5, 0.6) is 0 Å². The Kier molecular flexibility index (Phi) is 4.08. The molecule has 0 aliphatic heterocycles. The van der Waals surface area contributed by atoms with Gasteiger partial charge < -0.3 is 0 Å². The lowest BCUT2D eigenvalue weighted by molar-refractivity contribution is 0.569. The van der Waals surface area contributed by atoms with Crippen LogP contribution in [0.25, 0.3) is 0 Å². The first-order chi connectivity index (χ1) is 9.42. The van der Waals surface area contributed by atoms with Crippen LogP contribution in [-0.4, -0.2) is 18.6 Å². The summed E-state index contributed by atoms with van der Waals surface area (Å²) < 4.78 is 40.2. The minimum absolute atomic E-state index is 0.161. The van der Waals surface area contributed by atoms with Gasteiger partial charge in [-0.1, -0.05) is 19.4 Å². The van der Waals surface area contributed by atoms with E-state index in [0.717, 1.165) is 24.6 Å². The highest BCUT2D eigenvalue weighted by molar-refractivity contribution is 7.92. The van der Waals surface area contributed by atoms with Crippen molar-refractivity contribution < 1.29 is 12.8 Å². The number of sulfonamides is 1. The number of nitrogens with zero attached hydrogens (tertiary/aromatic N) is 1. The summed E-state index contributed by atoms with van der Waals surface area (Å²) in [6.45, 7) is 3.71. The Labute approximate surface area is 117 Å². The summed E-state index contributed by atoms with van der Waals surface area (Å²) in [6.07, 6.45) is 1.69. The fourth-order valence-electron chi connectivity index (χ4n) is 1.82. The van der Waals surface area contributed by atoms with E-state index in [1.807, 2.05) is 6.92 Å². The van der Waals surface area contributed by atoms with Crippen molar-refractivity contribution >= 4 is 15.8 Å². The lowest BCUT2D eigenvalue weighted by atomic mass is 10.2. The molecule has 1 heterocycles. The molecule has 0 radical (unpaired) electrons. The number of aromatic amines is 1. The van der Waals surface area contributed by atoms with E-state index in [9.17, 15) is 12.8 Å². The SMILES string of the molecule is CCCc1cc(NS(=O)(=O)c2cc(C)ccc2F)n[nH]1. The van der Waals surface area contributed by atoms with E-state index in [-0.39, 0.29) is 10.7 Å². The van der Waals surface area contributed by atoms with Crippen LogP contribution in [0.2, 0.25) is 0 Å². The van der Waals surface area contributed by atoms with Crippen molar-refractivity contribution in [2.75, 3.05) is 4.72 Å². The molecule has 2 aromatic rings. The predicted molar refractivity (Wildman–Crippen MR) is 74.5 cm³/mol. The molecule has 7 heteroatoms. The molecule has 0 spiro atoms. The number of benzene rings is 1. The van der Waals surface area contributed by atoms with Crippen LogP contribution in [0.1, 0.15) is 24.6 Å². The average molecular weight is 297 g/mol. The molecule has 0 fully saturated rings. The van der Waals surface area contributed by atoms with E-state index in [4.69, 9.17) is 0 Å². The number of H-pyrrole nitrogens is 1. The molecule has 1 aromatic heterocycles. The van der Waals surface area contributed by atoms with Gasteiger partial charge in [-0.2, -0.15) is 5.10 Å². The molecule has 0 saturated carbocycles. The van der Waals surface area contributed by atoms with Crippen molar-refractivity contribution in [3.05, 3.63) is 41.3 Å². The summed E-state index contributed by atoms with van der Waals surface area (Å²) in [5.74, 6) is -0.623. The molecule has 0 bridgehead atoms. The highest BCUT2D eigenvalue weighted by Crippen LogP contribution is 2.19. The Morgan fingerprint density at radius 3 is 2.80 bits per heavy atom. The van der Waals surface area contributed by atoms with Crippen molar-refractivity contribution in [2.45, 2.75) is 31.6 Å². The molecule has 0 aliphatic carbocycles. The number of anilines is 1. The highest BCUT2D eigenvalue weighted by Gasteiger charge is 2.20. The monoisotopic (exact) mass is 297 g/mol. The Morgan fingerprint density at radius 1 is 1.35 bits per heavy atom. The molecule has 0 unspecified atom stereocenters. The fourth-order valence-corrected chi connectivity index (χ4v) is 2.98. The average Bonchev–Trinajstić information content (AvgIpc) is 2.79. The molecule has 2 N–H and O–H groups in total. The zero-order chi connectivity index (χ0) is 14.8. The Morgan fingerprint density at radius 2 is 2.10 bits per heavy atom. The highest BCUT2D eigenvalue weighted by atomic mass is 32.2. The fraction of sp³-hybridized carbons (Fsp3) is 0.308. The summed E-state index contributed by atoms with van der Waals surface area (Å²) in [6, 6.07) is 5.55. The van der Waals surface area contributed by atoms with Gasteiger partial charge >= 0.3 is 0 Å². The van der Waals surface area contributed by atoms with Gasteiger partial charge in [-0.15, -0.1) is 0 Å². The van der Waals surface area contributed by atoms with Gasteiger partial charge in [0.1, 0.15) is 10.7 Å². The number of hydrogen-bond acceptors (Lipinski definition) is 3.